The van der Waals surface area contributed by atoms with Gasteiger partial charge in [-0.1, -0.05) is 13.8 Å². The number of non-ortho nitro benzene ring substituents is 1. The minimum Gasteiger partial charge on any atom is -0.361 e. The summed E-state index contributed by atoms with van der Waals surface area (Å²) in [4.78, 5) is 10.1. The van der Waals surface area contributed by atoms with E-state index >= 15 is 0 Å². The zero-order chi connectivity index (χ0) is 11.9. The lowest BCUT2D eigenvalue weighted by Crippen LogP contribution is -2.37. The van der Waals surface area contributed by atoms with Gasteiger partial charge in [-0.25, -0.2) is 5.06 Å². The van der Waals surface area contributed by atoms with Crippen molar-refractivity contribution < 1.29 is 10.1 Å². The predicted molar refractivity (Wildman–Crippen MR) is 59.6 cm³/mol. The number of anilines is 2. The Morgan fingerprint density at radius 3 is 2.81 bits per heavy atom. The minimum atomic E-state index is -0.475. The van der Waals surface area contributed by atoms with Crippen LogP contribution < -0.4 is 10.4 Å². The van der Waals surface area contributed by atoms with Gasteiger partial charge >= 0.3 is 0 Å². The molecule has 1 heterocycles. The van der Waals surface area contributed by atoms with Crippen LogP contribution in [0.5, 0.6) is 0 Å². The predicted octanol–water partition coefficient (Wildman–Crippen LogP) is 2.20. The molecule has 1 aliphatic rings. The summed E-state index contributed by atoms with van der Waals surface area (Å²) < 4.78 is 0. The van der Waals surface area contributed by atoms with E-state index in [0.29, 0.717) is 11.4 Å². The van der Waals surface area contributed by atoms with Crippen molar-refractivity contribution >= 4 is 17.1 Å². The third-order valence-electron chi connectivity index (χ3n) is 2.64. The first-order valence-electron chi connectivity index (χ1n) is 5.04. The molecule has 16 heavy (non-hydrogen) atoms. The van der Waals surface area contributed by atoms with Crippen LogP contribution in [0.3, 0.4) is 0 Å². The van der Waals surface area contributed by atoms with Crippen molar-refractivity contribution in [1.82, 2.24) is 0 Å². The van der Waals surface area contributed by atoms with Gasteiger partial charge in [0.2, 0.25) is 0 Å². The number of hydrogen-bond donors (Lipinski definition) is 2. The maximum absolute atomic E-state index is 10.6. The Morgan fingerprint density at radius 2 is 2.25 bits per heavy atom. The van der Waals surface area contributed by atoms with Crippen molar-refractivity contribution in [2.75, 3.05) is 10.4 Å². The molecule has 86 valence electrons. The van der Waals surface area contributed by atoms with Crippen LogP contribution in [0.25, 0.3) is 0 Å². The van der Waals surface area contributed by atoms with Crippen LogP contribution in [0.1, 0.15) is 13.8 Å². The minimum absolute atomic E-state index is 0.0241. The monoisotopic (exact) mass is 223 g/mol. The maximum Gasteiger partial charge on any atom is 0.271 e. The summed E-state index contributed by atoms with van der Waals surface area (Å²) in [5, 5.41) is 24.6. The van der Waals surface area contributed by atoms with Crippen molar-refractivity contribution in [3.8, 4) is 0 Å². The van der Waals surface area contributed by atoms with Crippen molar-refractivity contribution in [2.45, 2.75) is 20.0 Å². The van der Waals surface area contributed by atoms with Gasteiger partial charge < -0.3 is 5.32 Å². The molecule has 0 fully saturated rings. The van der Waals surface area contributed by atoms with E-state index in [1.807, 2.05) is 13.8 Å². The molecule has 0 aromatic heterocycles. The fourth-order valence-electron chi connectivity index (χ4n) is 1.76. The quantitative estimate of drug-likeness (QED) is 0.593. The first-order chi connectivity index (χ1) is 7.50. The highest BCUT2D eigenvalue weighted by molar-refractivity contribution is 5.77. The van der Waals surface area contributed by atoms with Gasteiger partial charge in [-0.3, -0.25) is 15.3 Å². The Bertz CT molecular complexity index is 433. The van der Waals surface area contributed by atoms with Gasteiger partial charge in [0.15, 0.2) is 0 Å². The summed E-state index contributed by atoms with van der Waals surface area (Å²) in [6.07, 6.45) is -0.239. The van der Waals surface area contributed by atoms with Crippen LogP contribution in [-0.2, 0) is 0 Å². The highest BCUT2D eigenvalue weighted by Crippen LogP contribution is 2.37. The summed E-state index contributed by atoms with van der Waals surface area (Å²) >= 11 is 0. The van der Waals surface area contributed by atoms with Crippen LogP contribution in [-0.4, -0.2) is 16.3 Å². The van der Waals surface area contributed by atoms with Gasteiger partial charge in [-0.15, -0.1) is 0 Å². The Morgan fingerprint density at radius 1 is 1.56 bits per heavy atom. The molecule has 1 unspecified atom stereocenters. The normalized spacial score (nSPS) is 18.5. The summed E-state index contributed by atoms with van der Waals surface area (Å²) in [7, 11) is 0. The van der Waals surface area contributed by atoms with Crippen LogP contribution in [0.4, 0.5) is 17.1 Å². The Hall–Kier alpha value is -1.82. The lowest BCUT2D eigenvalue weighted by molar-refractivity contribution is -0.384. The average molecular weight is 223 g/mol. The van der Waals surface area contributed by atoms with Gasteiger partial charge in [0.25, 0.3) is 5.69 Å². The first kappa shape index (κ1) is 10.7. The second-order valence-corrected chi connectivity index (χ2v) is 4.14. The van der Waals surface area contributed by atoms with Gasteiger partial charge in [-0.05, 0) is 12.0 Å². The number of rotatable bonds is 2. The molecule has 1 atom stereocenters. The SMILES string of the molecule is CC(C)C1Nc2ccc([N+](=O)[O-])cc2N1O. The van der Waals surface area contributed by atoms with Crippen LogP contribution in [0, 0.1) is 16.0 Å². The van der Waals surface area contributed by atoms with E-state index in [1.165, 1.54) is 12.1 Å². The first-order valence-corrected chi connectivity index (χ1v) is 5.04. The summed E-state index contributed by atoms with van der Waals surface area (Å²) in [6, 6.07) is 4.39. The molecule has 2 rings (SSSR count). The van der Waals surface area contributed by atoms with Crippen LogP contribution in [0.15, 0.2) is 18.2 Å². The fourth-order valence-corrected chi connectivity index (χ4v) is 1.76. The molecule has 6 heteroatoms. The van der Waals surface area contributed by atoms with Crippen LogP contribution >= 0.6 is 0 Å². The van der Waals surface area contributed by atoms with Gasteiger partial charge in [0.1, 0.15) is 6.17 Å². The van der Waals surface area contributed by atoms with Crippen molar-refractivity contribution in [2.24, 2.45) is 5.92 Å². The van der Waals surface area contributed by atoms with Crippen molar-refractivity contribution in [3.05, 3.63) is 28.3 Å². The molecule has 0 radical (unpaired) electrons. The largest absolute Gasteiger partial charge is 0.361 e. The van der Waals surface area contributed by atoms with E-state index in [9.17, 15) is 15.3 Å². The summed E-state index contributed by atoms with van der Waals surface area (Å²) in [5.41, 5.74) is 1.14. The second-order valence-electron chi connectivity index (χ2n) is 4.14. The molecule has 2 N–H and O–H groups in total. The molecular weight excluding hydrogens is 210 g/mol. The van der Waals surface area contributed by atoms with E-state index in [-0.39, 0.29) is 17.8 Å². The van der Waals surface area contributed by atoms with E-state index in [4.69, 9.17) is 0 Å². The van der Waals surface area contributed by atoms with Crippen molar-refractivity contribution in [3.63, 3.8) is 0 Å². The second kappa shape index (κ2) is 3.64. The van der Waals surface area contributed by atoms with Gasteiger partial charge in [-0.2, -0.15) is 0 Å². The smallest absolute Gasteiger partial charge is 0.271 e. The topological polar surface area (TPSA) is 78.6 Å². The zero-order valence-electron chi connectivity index (χ0n) is 9.04. The fraction of sp³-hybridized carbons (Fsp3) is 0.400. The number of hydrogen-bond acceptors (Lipinski definition) is 5. The Balaban J connectivity index is 2.38. The third-order valence-corrected chi connectivity index (χ3v) is 2.64. The van der Waals surface area contributed by atoms with Gasteiger partial charge in [0.05, 0.1) is 16.3 Å². The Labute approximate surface area is 92.6 Å². The number of fused-ring (bicyclic) bond motifs is 1. The molecule has 0 bridgehead atoms. The molecule has 0 spiro atoms. The van der Waals surface area contributed by atoms with Crippen molar-refractivity contribution in [1.29, 1.82) is 0 Å². The number of nitrogens with one attached hydrogen (secondary N) is 1. The molecule has 0 saturated carbocycles. The molecule has 0 amide bonds. The average Bonchev–Trinajstić information content (AvgIpc) is 2.56. The highest BCUT2D eigenvalue weighted by atomic mass is 16.6. The molecule has 1 aromatic carbocycles. The lowest BCUT2D eigenvalue weighted by atomic mass is 10.1. The summed E-state index contributed by atoms with van der Waals surface area (Å²) in [5.74, 6) is 0.191. The number of nitro groups is 1. The van der Waals surface area contributed by atoms with Gasteiger partial charge in [0, 0.05) is 12.1 Å². The molecule has 0 saturated heterocycles. The maximum atomic E-state index is 10.6. The third kappa shape index (κ3) is 1.57. The number of benzene rings is 1. The standard InChI is InChI=1S/C10H13N3O3/c1-6(2)10-11-8-4-3-7(13(15)16)5-9(8)12(10)14/h3-6,10-11,14H,1-2H3. The molecule has 1 aromatic rings. The van der Waals surface area contributed by atoms with E-state index in [1.54, 1.807) is 6.07 Å². The molecular formula is C10H13N3O3. The number of nitrogens with zero attached hydrogens (tertiary/aromatic N) is 2. The Kier molecular flexibility index (Phi) is 2.43. The van der Waals surface area contributed by atoms with E-state index < -0.39 is 4.92 Å². The lowest BCUT2D eigenvalue weighted by Gasteiger charge is -2.22. The van der Waals surface area contributed by atoms with Crippen LogP contribution in [0.2, 0.25) is 0 Å². The molecule has 1 aliphatic heterocycles. The van der Waals surface area contributed by atoms with E-state index in [0.717, 1.165) is 5.06 Å². The number of hydroxylamine groups is 1. The molecule has 0 aliphatic carbocycles. The number of nitro benzene ring substituents is 1. The summed E-state index contributed by atoms with van der Waals surface area (Å²) in [6.45, 7) is 3.92. The molecule has 6 nitrogen and oxygen atoms in total. The highest BCUT2D eigenvalue weighted by Gasteiger charge is 2.31. The van der Waals surface area contributed by atoms with E-state index in [2.05, 4.69) is 5.32 Å². The zero-order valence-corrected chi connectivity index (χ0v) is 9.04.